The monoisotopic (exact) mass is 363 g/mol. The molecule has 4 heteroatoms. The molecule has 0 aromatic heterocycles. The molecule has 1 saturated heterocycles. The lowest BCUT2D eigenvalue weighted by Gasteiger charge is -2.35. The third kappa shape index (κ3) is 3.94. The SMILES string of the molecule is Fc1ccc([C@H](Br)[C@H]2CN(Cc3ccccc3)CCO2)cc1. The first-order valence-electron chi connectivity index (χ1n) is 7.50. The Labute approximate surface area is 139 Å². The zero-order chi connectivity index (χ0) is 15.4. The fourth-order valence-corrected chi connectivity index (χ4v) is 3.38. The summed E-state index contributed by atoms with van der Waals surface area (Å²) < 4.78 is 19.0. The summed E-state index contributed by atoms with van der Waals surface area (Å²) in [5.41, 5.74) is 2.36. The molecule has 0 unspecified atom stereocenters. The van der Waals surface area contributed by atoms with Crippen LogP contribution in [0.25, 0.3) is 0 Å². The molecule has 2 aromatic rings. The molecule has 0 radical (unpaired) electrons. The number of hydrogen-bond donors (Lipinski definition) is 0. The fraction of sp³-hybridized carbons (Fsp3) is 0.333. The van der Waals surface area contributed by atoms with Crippen LogP contribution in [0.15, 0.2) is 54.6 Å². The van der Waals surface area contributed by atoms with E-state index in [1.807, 2.05) is 18.2 Å². The number of hydrogen-bond acceptors (Lipinski definition) is 2. The third-order valence-corrected chi connectivity index (χ3v) is 5.06. The summed E-state index contributed by atoms with van der Waals surface area (Å²) in [5.74, 6) is -0.210. The molecule has 0 N–H and O–H groups in total. The van der Waals surface area contributed by atoms with Crippen molar-refractivity contribution in [3.05, 3.63) is 71.5 Å². The smallest absolute Gasteiger partial charge is 0.123 e. The molecule has 0 amide bonds. The molecule has 116 valence electrons. The number of halogens is 2. The summed E-state index contributed by atoms with van der Waals surface area (Å²) >= 11 is 3.71. The van der Waals surface area contributed by atoms with Crippen molar-refractivity contribution in [2.75, 3.05) is 19.7 Å². The molecule has 1 heterocycles. The highest BCUT2D eigenvalue weighted by atomic mass is 79.9. The van der Waals surface area contributed by atoms with Gasteiger partial charge in [-0.25, -0.2) is 4.39 Å². The number of morpholine rings is 1. The van der Waals surface area contributed by atoms with Crippen molar-refractivity contribution in [3.8, 4) is 0 Å². The fourth-order valence-electron chi connectivity index (χ4n) is 2.76. The van der Waals surface area contributed by atoms with Gasteiger partial charge in [-0.05, 0) is 23.3 Å². The van der Waals surface area contributed by atoms with Crippen LogP contribution in [0.4, 0.5) is 4.39 Å². The van der Waals surface area contributed by atoms with Crippen LogP contribution in [-0.2, 0) is 11.3 Å². The van der Waals surface area contributed by atoms with Crippen LogP contribution >= 0.6 is 15.9 Å². The standard InChI is InChI=1S/C18H19BrFNO/c19-18(15-6-8-16(20)9-7-15)17-13-21(10-11-22-17)12-14-4-2-1-3-5-14/h1-9,17-18H,10-13H2/t17-,18+/m1/s1. The first-order valence-corrected chi connectivity index (χ1v) is 8.41. The molecule has 0 bridgehead atoms. The Bertz CT molecular complexity index is 590. The van der Waals surface area contributed by atoms with E-state index in [1.165, 1.54) is 17.7 Å². The highest BCUT2D eigenvalue weighted by molar-refractivity contribution is 9.09. The molecule has 1 aliphatic heterocycles. The van der Waals surface area contributed by atoms with Crippen LogP contribution in [-0.4, -0.2) is 30.7 Å². The highest BCUT2D eigenvalue weighted by Gasteiger charge is 2.27. The summed E-state index contributed by atoms with van der Waals surface area (Å²) in [7, 11) is 0. The van der Waals surface area contributed by atoms with E-state index >= 15 is 0 Å². The third-order valence-electron chi connectivity index (χ3n) is 3.94. The normalized spacial score (nSPS) is 20.7. The molecule has 22 heavy (non-hydrogen) atoms. The van der Waals surface area contributed by atoms with Crippen LogP contribution in [0.3, 0.4) is 0 Å². The minimum Gasteiger partial charge on any atom is -0.374 e. The average molecular weight is 364 g/mol. The van der Waals surface area contributed by atoms with Gasteiger partial charge in [-0.2, -0.15) is 0 Å². The first-order chi connectivity index (χ1) is 10.7. The van der Waals surface area contributed by atoms with Crippen molar-refractivity contribution in [1.29, 1.82) is 0 Å². The number of benzene rings is 2. The van der Waals surface area contributed by atoms with E-state index in [0.29, 0.717) is 0 Å². The number of nitrogens with zero attached hydrogens (tertiary/aromatic N) is 1. The Hall–Kier alpha value is -1.23. The Morgan fingerprint density at radius 2 is 1.86 bits per heavy atom. The number of alkyl halides is 1. The van der Waals surface area contributed by atoms with Gasteiger partial charge in [0.2, 0.25) is 0 Å². The Morgan fingerprint density at radius 1 is 1.14 bits per heavy atom. The molecule has 2 aromatic carbocycles. The van der Waals surface area contributed by atoms with E-state index < -0.39 is 0 Å². The molecule has 2 nitrogen and oxygen atoms in total. The predicted molar refractivity (Wildman–Crippen MR) is 89.5 cm³/mol. The van der Waals surface area contributed by atoms with E-state index in [9.17, 15) is 4.39 Å². The van der Waals surface area contributed by atoms with Crippen LogP contribution in [0.5, 0.6) is 0 Å². The lowest BCUT2D eigenvalue weighted by molar-refractivity contribution is -0.0310. The van der Waals surface area contributed by atoms with Gasteiger partial charge in [-0.1, -0.05) is 58.4 Å². The van der Waals surface area contributed by atoms with Crippen molar-refractivity contribution < 1.29 is 9.13 Å². The van der Waals surface area contributed by atoms with Crippen LogP contribution in [0, 0.1) is 5.82 Å². The molecule has 1 fully saturated rings. The molecular formula is C18H19BrFNO. The second kappa shape index (κ2) is 7.36. The zero-order valence-electron chi connectivity index (χ0n) is 12.3. The van der Waals surface area contributed by atoms with Gasteiger partial charge in [0.05, 0.1) is 17.5 Å². The summed E-state index contributed by atoms with van der Waals surface area (Å²) in [6.07, 6.45) is 0.0722. The lowest BCUT2D eigenvalue weighted by Crippen LogP contribution is -2.43. The number of ether oxygens (including phenoxy) is 1. The van der Waals surface area contributed by atoms with Crippen LogP contribution < -0.4 is 0 Å². The largest absolute Gasteiger partial charge is 0.374 e. The Morgan fingerprint density at radius 3 is 2.59 bits per heavy atom. The van der Waals surface area contributed by atoms with Crippen molar-refractivity contribution in [3.63, 3.8) is 0 Å². The van der Waals surface area contributed by atoms with E-state index in [2.05, 4.69) is 45.1 Å². The van der Waals surface area contributed by atoms with E-state index in [0.717, 1.165) is 31.8 Å². The van der Waals surface area contributed by atoms with Crippen molar-refractivity contribution in [1.82, 2.24) is 4.90 Å². The van der Waals surface area contributed by atoms with Gasteiger partial charge in [0.25, 0.3) is 0 Å². The van der Waals surface area contributed by atoms with E-state index in [4.69, 9.17) is 4.74 Å². The second-order valence-electron chi connectivity index (χ2n) is 5.58. The average Bonchev–Trinajstić information content (AvgIpc) is 2.56. The van der Waals surface area contributed by atoms with Gasteiger partial charge in [-0.3, -0.25) is 4.90 Å². The van der Waals surface area contributed by atoms with Crippen molar-refractivity contribution in [2.24, 2.45) is 0 Å². The van der Waals surface area contributed by atoms with E-state index in [1.54, 1.807) is 0 Å². The maximum absolute atomic E-state index is 13.0. The molecular weight excluding hydrogens is 345 g/mol. The molecule has 0 aliphatic carbocycles. The van der Waals surface area contributed by atoms with Gasteiger partial charge in [0, 0.05) is 19.6 Å². The Balaban J connectivity index is 1.63. The van der Waals surface area contributed by atoms with Gasteiger partial charge in [0.1, 0.15) is 5.82 Å². The molecule has 3 rings (SSSR count). The topological polar surface area (TPSA) is 12.5 Å². The summed E-state index contributed by atoms with van der Waals surface area (Å²) in [6, 6.07) is 17.1. The maximum atomic E-state index is 13.0. The molecule has 0 saturated carbocycles. The summed E-state index contributed by atoms with van der Waals surface area (Å²) in [6.45, 7) is 3.46. The van der Waals surface area contributed by atoms with Crippen LogP contribution in [0.1, 0.15) is 16.0 Å². The van der Waals surface area contributed by atoms with Gasteiger partial charge in [-0.15, -0.1) is 0 Å². The highest BCUT2D eigenvalue weighted by Crippen LogP contribution is 2.30. The van der Waals surface area contributed by atoms with Crippen molar-refractivity contribution in [2.45, 2.75) is 17.5 Å². The van der Waals surface area contributed by atoms with E-state index in [-0.39, 0.29) is 16.7 Å². The molecule has 0 spiro atoms. The lowest BCUT2D eigenvalue weighted by atomic mass is 10.1. The van der Waals surface area contributed by atoms with Crippen LogP contribution in [0.2, 0.25) is 0 Å². The minimum absolute atomic E-state index is 0.0722. The zero-order valence-corrected chi connectivity index (χ0v) is 13.9. The summed E-state index contributed by atoms with van der Waals surface area (Å²) in [5, 5.41) is 0. The maximum Gasteiger partial charge on any atom is 0.123 e. The predicted octanol–water partition coefficient (Wildman–Crippen LogP) is 4.16. The molecule has 1 aliphatic rings. The Kier molecular flexibility index (Phi) is 5.24. The number of rotatable bonds is 4. The second-order valence-corrected chi connectivity index (χ2v) is 6.57. The summed E-state index contributed by atoms with van der Waals surface area (Å²) in [4.78, 5) is 2.48. The van der Waals surface area contributed by atoms with Gasteiger partial charge < -0.3 is 4.74 Å². The minimum atomic E-state index is -0.210. The molecule has 2 atom stereocenters. The van der Waals surface area contributed by atoms with Gasteiger partial charge in [0.15, 0.2) is 0 Å². The van der Waals surface area contributed by atoms with Gasteiger partial charge >= 0.3 is 0 Å². The first kappa shape index (κ1) is 15.7. The van der Waals surface area contributed by atoms with Crippen molar-refractivity contribution >= 4 is 15.9 Å². The quantitative estimate of drug-likeness (QED) is 0.756.